The average molecular weight is 261 g/mol. The Kier molecular flexibility index (Phi) is 4.74. The van der Waals surface area contributed by atoms with Crippen LogP contribution in [0.5, 0.6) is 0 Å². The number of nitrogens with one attached hydrogen (secondary N) is 1. The van der Waals surface area contributed by atoms with Crippen LogP contribution in [0.3, 0.4) is 0 Å². The molecule has 0 aromatic carbocycles. The molecule has 0 atom stereocenters. The van der Waals surface area contributed by atoms with Crippen molar-refractivity contribution >= 4 is 0 Å². The minimum absolute atomic E-state index is 0.624. The second-order valence-electron chi connectivity index (χ2n) is 5.23. The zero-order valence-corrected chi connectivity index (χ0v) is 12.0. The van der Waals surface area contributed by atoms with Crippen LogP contribution in [-0.2, 0) is 26.2 Å². The van der Waals surface area contributed by atoms with Gasteiger partial charge in [0.1, 0.15) is 0 Å². The normalized spacial score (nSPS) is 11.4. The smallest absolute Gasteiger partial charge is 0.0762 e. The lowest BCUT2D eigenvalue weighted by atomic mass is 10.2. The summed E-state index contributed by atoms with van der Waals surface area (Å²) < 4.78 is 3.95. The lowest BCUT2D eigenvalue weighted by Crippen LogP contribution is -2.13. The van der Waals surface area contributed by atoms with E-state index in [0.717, 1.165) is 31.9 Å². The van der Waals surface area contributed by atoms with Crippen LogP contribution in [0.25, 0.3) is 0 Å². The molecule has 5 heteroatoms. The molecule has 0 aliphatic heterocycles. The van der Waals surface area contributed by atoms with Crippen molar-refractivity contribution in [3.05, 3.63) is 35.9 Å². The summed E-state index contributed by atoms with van der Waals surface area (Å²) >= 11 is 0. The van der Waals surface area contributed by atoms with E-state index in [1.807, 2.05) is 21.8 Å². The number of nitrogens with zero attached hydrogens (tertiary/aromatic N) is 4. The molecule has 2 rings (SSSR count). The van der Waals surface area contributed by atoms with Gasteiger partial charge in [-0.15, -0.1) is 0 Å². The third kappa shape index (κ3) is 4.21. The van der Waals surface area contributed by atoms with E-state index in [1.54, 1.807) is 0 Å². The summed E-state index contributed by atoms with van der Waals surface area (Å²) in [6, 6.07) is 2.05. The molecule has 0 fully saturated rings. The van der Waals surface area contributed by atoms with Crippen molar-refractivity contribution in [3.8, 4) is 0 Å². The van der Waals surface area contributed by atoms with Crippen LogP contribution in [0.2, 0.25) is 0 Å². The van der Waals surface area contributed by atoms with Crippen LogP contribution in [0.4, 0.5) is 0 Å². The molecule has 0 amide bonds. The Bertz CT molecular complexity index is 497. The highest BCUT2D eigenvalue weighted by atomic mass is 15.3. The molecule has 0 saturated heterocycles. The van der Waals surface area contributed by atoms with Crippen molar-refractivity contribution < 1.29 is 0 Å². The third-order valence-corrected chi connectivity index (χ3v) is 2.89. The van der Waals surface area contributed by atoms with Gasteiger partial charge in [0.25, 0.3) is 0 Å². The van der Waals surface area contributed by atoms with Gasteiger partial charge in [-0.25, -0.2) is 0 Å². The molecule has 2 aromatic rings. The summed E-state index contributed by atoms with van der Waals surface area (Å²) in [7, 11) is 0. The van der Waals surface area contributed by atoms with E-state index in [1.165, 1.54) is 5.56 Å². The third-order valence-electron chi connectivity index (χ3n) is 2.89. The fourth-order valence-electron chi connectivity index (χ4n) is 1.98. The lowest BCUT2D eigenvalue weighted by molar-refractivity contribution is 0.482. The molecule has 1 N–H and O–H groups in total. The van der Waals surface area contributed by atoms with E-state index < -0.39 is 0 Å². The van der Waals surface area contributed by atoms with Crippen LogP contribution in [-0.4, -0.2) is 19.6 Å². The van der Waals surface area contributed by atoms with Crippen LogP contribution in [0.15, 0.2) is 24.7 Å². The number of rotatable bonds is 7. The van der Waals surface area contributed by atoms with Gasteiger partial charge in [-0.05, 0) is 18.9 Å². The van der Waals surface area contributed by atoms with Crippen molar-refractivity contribution in [1.82, 2.24) is 24.9 Å². The van der Waals surface area contributed by atoms with Crippen LogP contribution in [0, 0.1) is 5.92 Å². The van der Waals surface area contributed by atoms with E-state index in [4.69, 9.17) is 0 Å². The SMILES string of the molecule is CCn1ccc(CNCc2cnn(CC(C)C)c2)n1. The Hall–Kier alpha value is -1.62. The van der Waals surface area contributed by atoms with E-state index in [9.17, 15) is 0 Å². The first-order chi connectivity index (χ1) is 9.17. The highest BCUT2D eigenvalue weighted by Gasteiger charge is 2.02. The highest BCUT2D eigenvalue weighted by molar-refractivity contribution is 5.04. The van der Waals surface area contributed by atoms with E-state index in [0.29, 0.717) is 5.92 Å². The molecule has 0 aliphatic rings. The molecule has 0 saturated carbocycles. The van der Waals surface area contributed by atoms with Gasteiger partial charge < -0.3 is 5.32 Å². The second-order valence-corrected chi connectivity index (χ2v) is 5.23. The molecule has 0 spiro atoms. The predicted molar refractivity (Wildman–Crippen MR) is 75.5 cm³/mol. The van der Waals surface area contributed by atoms with Crippen LogP contribution >= 0.6 is 0 Å². The molecule has 2 heterocycles. The van der Waals surface area contributed by atoms with Gasteiger partial charge in [-0.3, -0.25) is 9.36 Å². The van der Waals surface area contributed by atoms with Gasteiger partial charge in [-0.1, -0.05) is 13.8 Å². The molecular formula is C14H23N5. The minimum Gasteiger partial charge on any atom is -0.307 e. The Morgan fingerprint density at radius 3 is 2.79 bits per heavy atom. The summed E-state index contributed by atoms with van der Waals surface area (Å²) in [5, 5.41) is 12.2. The van der Waals surface area contributed by atoms with Gasteiger partial charge >= 0.3 is 0 Å². The van der Waals surface area contributed by atoms with Crippen LogP contribution in [0.1, 0.15) is 32.0 Å². The van der Waals surface area contributed by atoms with E-state index >= 15 is 0 Å². The highest BCUT2D eigenvalue weighted by Crippen LogP contribution is 2.02. The molecule has 2 aromatic heterocycles. The molecule has 5 nitrogen and oxygen atoms in total. The summed E-state index contributed by atoms with van der Waals surface area (Å²) in [6.45, 7) is 10.0. The number of aryl methyl sites for hydroxylation is 1. The van der Waals surface area contributed by atoms with Gasteiger partial charge in [0.05, 0.1) is 11.9 Å². The van der Waals surface area contributed by atoms with Gasteiger partial charge in [0.2, 0.25) is 0 Å². The van der Waals surface area contributed by atoms with Crippen molar-refractivity contribution in [3.63, 3.8) is 0 Å². The quantitative estimate of drug-likeness (QED) is 0.829. The Morgan fingerprint density at radius 1 is 1.26 bits per heavy atom. The molecule has 104 valence electrons. The molecule has 0 unspecified atom stereocenters. The molecule has 0 radical (unpaired) electrons. The number of aromatic nitrogens is 4. The summed E-state index contributed by atoms with van der Waals surface area (Å²) in [5.74, 6) is 0.624. The summed E-state index contributed by atoms with van der Waals surface area (Å²) in [4.78, 5) is 0. The maximum absolute atomic E-state index is 4.44. The summed E-state index contributed by atoms with van der Waals surface area (Å²) in [5.41, 5.74) is 2.30. The van der Waals surface area contributed by atoms with E-state index in [2.05, 4.69) is 48.5 Å². The maximum atomic E-state index is 4.44. The van der Waals surface area contributed by atoms with Crippen molar-refractivity contribution in [2.45, 2.75) is 47.0 Å². The molecular weight excluding hydrogens is 238 g/mol. The first kappa shape index (κ1) is 13.8. The first-order valence-electron chi connectivity index (χ1n) is 6.91. The number of hydrogen-bond donors (Lipinski definition) is 1. The number of hydrogen-bond acceptors (Lipinski definition) is 3. The Labute approximate surface area is 114 Å². The first-order valence-corrected chi connectivity index (χ1v) is 6.91. The Morgan fingerprint density at radius 2 is 2.11 bits per heavy atom. The van der Waals surface area contributed by atoms with Crippen molar-refractivity contribution in [1.29, 1.82) is 0 Å². The standard InChI is InChI=1S/C14H23N5/c1-4-18-6-5-14(17-18)9-15-7-13-8-16-19(11-13)10-12(2)3/h5-6,8,11-12,15H,4,7,9-10H2,1-3H3. The Balaban J connectivity index is 1.77. The van der Waals surface area contributed by atoms with Crippen molar-refractivity contribution in [2.24, 2.45) is 5.92 Å². The topological polar surface area (TPSA) is 47.7 Å². The summed E-state index contributed by atoms with van der Waals surface area (Å²) in [6.07, 6.45) is 6.05. The fraction of sp³-hybridized carbons (Fsp3) is 0.571. The van der Waals surface area contributed by atoms with Crippen molar-refractivity contribution in [2.75, 3.05) is 0 Å². The van der Waals surface area contributed by atoms with Gasteiger partial charge in [-0.2, -0.15) is 10.2 Å². The second kappa shape index (κ2) is 6.52. The predicted octanol–water partition coefficient (Wildman–Crippen LogP) is 2.05. The van der Waals surface area contributed by atoms with Gasteiger partial charge in [0.15, 0.2) is 0 Å². The zero-order valence-electron chi connectivity index (χ0n) is 12.0. The molecule has 19 heavy (non-hydrogen) atoms. The monoisotopic (exact) mass is 261 g/mol. The van der Waals surface area contributed by atoms with E-state index in [-0.39, 0.29) is 0 Å². The average Bonchev–Trinajstić information content (AvgIpc) is 2.98. The molecule has 0 aliphatic carbocycles. The van der Waals surface area contributed by atoms with Gasteiger partial charge in [0, 0.05) is 44.1 Å². The maximum Gasteiger partial charge on any atom is 0.0762 e. The minimum atomic E-state index is 0.624. The largest absolute Gasteiger partial charge is 0.307 e. The fourth-order valence-corrected chi connectivity index (χ4v) is 1.98. The molecule has 0 bridgehead atoms. The zero-order chi connectivity index (χ0) is 13.7. The lowest BCUT2D eigenvalue weighted by Gasteiger charge is -2.03. The van der Waals surface area contributed by atoms with Crippen LogP contribution < -0.4 is 5.32 Å².